The van der Waals surface area contributed by atoms with E-state index in [2.05, 4.69) is 25.4 Å². The van der Waals surface area contributed by atoms with E-state index in [1.165, 1.54) is 0 Å². The monoisotopic (exact) mass is 241 g/mol. The van der Waals surface area contributed by atoms with Gasteiger partial charge in [-0.2, -0.15) is 0 Å². The second-order valence-electron chi connectivity index (χ2n) is 4.02. The summed E-state index contributed by atoms with van der Waals surface area (Å²) in [6, 6.07) is 0. The molecular formula is C10H9N8. The quantitative estimate of drug-likeness (QED) is 0.584. The van der Waals surface area contributed by atoms with Gasteiger partial charge in [0.15, 0.2) is 11.6 Å². The summed E-state index contributed by atoms with van der Waals surface area (Å²) in [5, 5.41) is 15.9. The lowest BCUT2D eigenvalue weighted by Gasteiger charge is -2.27. The van der Waals surface area contributed by atoms with E-state index in [0.29, 0.717) is 0 Å². The fourth-order valence-electron chi connectivity index (χ4n) is 2.07. The Kier molecular flexibility index (Phi) is 1.84. The van der Waals surface area contributed by atoms with Crippen molar-refractivity contribution in [1.82, 2.24) is 34.3 Å². The van der Waals surface area contributed by atoms with Gasteiger partial charge in [0.2, 0.25) is 5.65 Å². The zero-order valence-corrected chi connectivity index (χ0v) is 9.38. The number of fused-ring (bicyclic) bond motifs is 2. The van der Waals surface area contributed by atoms with Crippen molar-refractivity contribution in [2.45, 2.75) is 6.54 Å². The molecule has 0 bridgehead atoms. The van der Waals surface area contributed by atoms with Crippen LogP contribution in [-0.2, 0) is 6.54 Å². The van der Waals surface area contributed by atoms with Crippen LogP contribution >= 0.6 is 0 Å². The summed E-state index contributed by atoms with van der Waals surface area (Å²) in [6.07, 6.45) is 6.95. The Morgan fingerprint density at radius 1 is 1.06 bits per heavy atom. The molecule has 3 aromatic heterocycles. The van der Waals surface area contributed by atoms with Crippen LogP contribution in [0.3, 0.4) is 0 Å². The molecule has 4 heterocycles. The molecule has 0 saturated carbocycles. The first-order valence-electron chi connectivity index (χ1n) is 5.55. The molecule has 0 spiro atoms. The first kappa shape index (κ1) is 9.51. The number of anilines is 1. The summed E-state index contributed by atoms with van der Waals surface area (Å²) in [5.41, 5.74) is 0.738. The van der Waals surface area contributed by atoms with E-state index >= 15 is 0 Å². The molecule has 0 amide bonds. The van der Waals surface area contributed by atoms with Gasteiger partial charge in [0.05, 0.1) is 0 Å². The number of aromatic nitrogens is 7. The molecule has 1 radical (unpaired) electrons. The van der Waals surface area contributed by atoms with E-state index in [1.54, 1.807) is 18.9 Å². The molecule has 4 rings (SSSR count). The summed E-state index contributed by atoms with van der Waals surface area (Å²) >= 11 is 0. The Labute approximate surface area is 102 Å². The van der Waals surface area contributed by atoms with Crippen molar-refractivity contribution < 1.29 is 0 Å². The molecule has 8 heteroatoms. The number of hydrogen-bond donors (Lipinski definition) is 0. The van der Waals surface area contributed by atoms with Crippen LogP contribution in [-0.4, -0.2) is 40.9 Å². The normalized spacial score (nSPS) is 15.0. The van der Waals surface area contributed by atoms with Crippen LogP contribution in [0.25, 0.3) is 5.65 Å². The first-order valence-corrected chi connectivity index (χ1v) is 5.55. The van der Waals surface area contributed by atoms with E-state index < -0.39 is 0 Å². The maximum atomic E-state index is 4.37. The molecule has 3 aromatic rings. The van der Waals surface area contributed by atoms with Crippen LogP contribution in [0, 0.1) is 6.54 Å². The summed E-state index contributed by atoms with van der Waals surface area (Å²) in [7, 11) is 0. The molecule has 0 aromatic carbocycles. The predicted molar refractivity (Wildman–Crippen MR) is 61.6 cm³/mol. The Bertz CT molecular complexity index is 699. The third kappa shape index (κ3) is 1.28. The molecule has 18 heavy (non-hydrogen) atoms. The lowest BCUT2D eigenvalue weighted by atomic mass is 10.3. The van der Waals surface area contributed by atoms with Gasteiger partial charge >= 0.3 is 0 Å². The van der Waals surface area contributed by atoms with E-state index in [1.807, 2.05) is 26.6 Å². The third-order valence-electron chi connectivity index (χ3n) is 2.97. The van der Waals surface area contributed by atoms with E-state index in [-0.39, 0.29) is 0 Å². The van der Waals surface area contributed by atoms with E-state index in [4.69, 9.17) is 0 Å². The maximum Gasteiger partial charge on any atom is 0.203 e. The van der Waals surface area contributed by atoms with Crippen molar-refractivity contribution in [3.8, 4) is 0 Å². The van der Waals surface area contributed by atoms with Gasteiger partial charge in [-0.15, -0.1) is 20.4 Å². The molecule has 8 nitrogen and oxygen atoms in total. The van der Waals surface area contributed by atoms with Gasteiger partial charge in [-0.1, -0.05) is 0 Å². The lowest BCUT2D eigenvalue weighted by molar-refractivity contribution is 0.618. The van der Waals surface area contributed by atoms with Gasteiger partial charge in [0, 0.05) is 25.5 Å². The molecule has 0 atom stereocenters. The molecule has 1 aliphatic rings. The zero-order chi connectivity index (χ0) is 11.9. The Morgan fingerprint density at radius 2 is 2.00 bits per heavy atom. The standard InChI is InChI=1S/C10H9N8/c1-2-18-7-13-15-10(18)9(11-1)16-3-4-17-6-12-14-8(17)5-16/h1-2,5-7H,3-4H2. The number of hydrogen-bond acceptors (Lipinski definition) is 6. The molecular weight excluding hydrogens is 232 g/mol. The minimum atomic E-state index is 0.738. The number of rotatable bonds is 1. The second kappa shape index (κ2) is 3.49. The van der Waals surface area contributed by atoms with Gasteiger partial charge < -0.3 is 9.47 Å². The summed E-state index contributed by atoms with van der Waals surface area (Å²) in [5.74, 6) is 1.61. The average Bonchev–Trinajstić information content (AvgIpc) is 3.05. The summed E-state index contributed by atoms with van der Waals surface area (Å²) in [4.78, 5) is 6.40. The molecule has 0 aliphatic carbocycles. The third-order valence-corrected chi connectivity index (χ3v) is 2.97. The van der Waals surface area contributed by atoms with Crippen molar-refractivity contribution in [2.75, 3.05) is 11.4 Å². The molecule has 1 aliphatic heterocycles. The Hall–Kier alpha value is -2.51. The SMILES string of the molecule is [CH]1c2nncn2CCN1c1nccn2cnnc12. The summed E-state index contributed by atoms with van der Waals surface area (Å²) < 4.78 is 3.84. The van der Waals surface area contributed by atoms with Crippen molar-refractivity contribution in [1.29, 1.82) is 0 Å². The fraction of sp³-hybridized carbons (Fsp3) is 0.200. The minimum absolute atomic E-state index is 0.738. The minimum Gasteiger partial charge on any atom is -0.339 e. The second-order valence-corrected chi connectivity index (χ2v) is 4.02. The van der Waals surface area contributed by atoms with Crippen molar-refractivity contribution in [3.05, 3.63) is 37.4 Å². The van der Waals surface area contributed by atoms with Gasteiger partial charge in [0.1, 0.15) is 19.2 Å². The molecule has 0 unspecified atom stereocenters. The van der Waals surface area contributed by atoms with Crippen LogP contribution < -0.4 is 4.90 Å². The molecule has 0 saturated heterocycles. The van der Waals surface area contributed by atoms with Crippen molar-refractivity contribution in [3.63, 3.8) is 0 Å². The van der Waals surface area contributed by atoms with Gasteiger partial charge in [-0.25, -0.2) is 4.98 Å². The highest BCUT2D eigenvalue weighted by molar-refractivity contribution is 5.65. The largest absolute Gasteiger partial charge is 0.339 e. The fourth-order valence-corrected chi connectivity index (χ4v) is 2.07. The van der Waals surface area contributed by atoms with Gasteiger partial charge in [-0.05, 0) is 0 Å². The Balaban J connectivity index is 1.78. The highest BCUT2D eigenvalue weighted by Crippen LogP contribution is 2.21. The molecule has 89 valence electrons. The molecule has 0 fully saturated rings. The van der Waals surface area contributed by atoms with E-state index in [0.717, 1.165) is 30.4 Å². The number of nitrogens with zero attached hydrogens (tertiary/aromatic N) is 8. The van der Waals surface area contributed by atoms with Gasteiger partial charge in [-0.3, -0.25) is 4.40 Å². The zero-order valence-electron chi connectivity index (χ0n) is 9.38. The van der Waals surface area contributed by atoms with Crippen LogP contribution in [0.4, 0.5) is 5.82 Å². The Morgan fingerprint density at radius 3 is 3.00 bits per heavy atom. The van der Waals surface area contributed by atoms with Crippen LogP contribution in [0.15, 0.2) is 25.0 Å². The van der Waals surface area contributed by atoms with Crippen molar-refractivity contribution in [2.24, 2.45) is 0 Å². The highest BCUT2D eigenvalue weighted by Gasteiger charge is 2.21. The maximum absolute atomic E-state index is 4.37. The van der Waals surface area contributed by atoms with Crippen molar-refractivity contribution >= 4 is 11.5 Å². The summed E-state index contributed by atoms with van der Waals surface area (Å²) in [6.45, 7) is 3.56. The highest BCUT2D eigenvalue weighted by atomic mass is 15.3. The average molecular weight is 241 g/mol. The lowest BCUT2D eigenvalue weighted by Crippen LogP contribution is -2.32. The molecule has 0 N–H and O–H groups in total. The smallest absolute Gasteiger partial charge is 0.203 e. The van der Waals surface area contributed by atoms with Crippen LogP contribution in [0.5, 0.6) is 0 Å². The van der Waals surface area contributed by atoms with Crippen LogP contribution in [0.2, 0.25) is 0 Å². The first-order chi connectivity index (χ1) is 8.92. The van der Waals surface area contributed by atoms with Gasteiger partial charge in [0.25, 0.3) is 0 Å². The predicted octanol–water partition coefficient (Wildman–Crippen LogP) is -0.254. The van der Waals surface area contributed by atoms with E-state index in [9.17, 15) is 0 Å². The van der Waals surface area contributed by atoms with Crippen LogP contribution in [0.1, 0.15) is 5.82 Å². The topological polar surface area (TPSA) is 77.0 Å².